The molecule has 3 rings (SSSR count). The van der Waals surface area contributed by atoms with Crippen molar-refractivity contribution in [2.24, 2.45) is 5.92 Å². The van der Waals surface area contributed by atoms with Gasteiger partial charge in [0.15, 0.2) is 0 Å². The van der Waals surface area contributed by atoms with E-state index >= 15 is 0 Å². The van der Waals surface area contributed by atoms with E-state index in [1.807, 2.05) is 44.2 Å². The van der Waals surface area contributed by atoms with Crippen molar-refractivity contribution >= 4 is 55.1 Å². The van der Waals surface area contributed by atoms with Crippen LogP contribution in [0.15, 0.2) is 83.3 Å². The SMILES string of the molecule is CC(C)CNC(=O)[C@@H](Cc1ccccc1)N(Cc1ccccc1Cl)C(=O)CN(c1cccc(Br)c1)S(C)(=O)=O. The third kappa shape index (κ3) is 9.08. The van der Waals surface area contributed by atoms with E-state index in [0.29, 0.717) is 27.3 Å². The van der Waals surface area contributed by atoms with Crippen LogP contribution >= 0.6 is 27.5 Å². The summed E-state index contributed by atoms with van der Waals surface area (Å²) >= 11 is 9.83. The number of nitrogens with one attached hydrogen (secondary N) is 1. The molecule has 3 aromatic carbocycles. The minimum absolute atomic E-state index is 0.0290. The lowest BCUT2D eigenvalue weighted by Gasteiger charge is -2.34. The summed E-state index contributed by atoms with van der Waals surface area (Å²) < 4.78 is 27.4. The fraction of sp³-hybridized carbons (Fsp3) is 0.310. The van der Waals surface area contributed by atoms with Crippen LogP contribution in [-0.4, -0.2) is 50.5 Å². The molecule has 0 aliphatic rings. The number of hydrogen-bond donors (Lipinski definition) is 1. The average Bonchev–Trinajstić information content (AvgIpc) is 2.88. The molecule has 3 aromatic rings. The summed E-state index contributed by atoms with van der Waals surface area (Å²) in [6.07, 6.45) is 1.30. The van der Waals surface area contributed by atoms with E-state index in [2.05, 4.69) is 21.2 Å². The standard InChI is InChI=1S/C29H33BrClN3O4S/c1-21(2)18-32-29(36)27(16-22-10-5-4-6-11-22)33(19-23-12-7-8-15-26(23)31)28(35)20-34(39(3,37)38)25-14-9-13-24(30)17-25/h4-15,17,21,27H,16,18-20H2,1-3H3,(H,32,36)/t27-/m1/s1. The molecular weight excluding hydrogens is 602 g/mol. The van der Waals surface area contributed by atoms with Crippen molar-refractivity contribution in [2.45, 2.75) is 32.9 Å². The van der Waals surface area contributed by atoms with Crippen LogP contribution in [0, 0.1) is 5.92 Å². The van der Waals surface area contributed by atoms with Crippen molar-refractivity contribution in [2.75, 3.05) is 23.7 Å². The smallest absolute Gasteiger partial charge is 0.244 e. The fourth-order valence-electron chi connectivity index (χ4n) is 4.03. The van der Waals surface area contributed by atoms with Gasteiger partial charge in [-0.25, -0.2) is 8.42 Å². The highest BCUT2D eigenvalue weighted by molar-refractivity contribution is 9.10. The van der Waals surface area contributed by atoms with E-state index in [4.69, 9.17) is 11.6 Å². The van der Waals surface area contributed by atoms with E-state index in [1.54, 1.807) is 48.5 Å². The first-order valence-corrected chi connectivity index (χ1v) is 15.6. The zero-order valence-corrected chi connectivity index (χ0v) is 25.3. The molecule has 0 fully saturated rings. The van der Waals surface area contributed by atoms with Crippen LogP contribution in [-0.2, 0) is 32.6 Å². The van der Waals surface area contributed by atoms with Crippen molar-refractivity contribution in [1.82, 2.24) is 10.2 Å². The van der Waals surface area contributed by atoms with Crippen LogP contribution in [0.1, 0.15) is 25.0 Å². The lowest BCUT2D eigenvalue weighted by molar-refractivity contribution is -0.140. The van der Waals surface area contributed by atoms with Crippen molar-refractivity contribution in [3.63, 3.8) is 0 Å². The Balaban J connectivity index is 2.06. The summed E-state index contributed by atoms with van der Waals surface area (Å²) in [5.41, 5.74) is 1.85. The first-order chi connectivity index (χ1) is 18.5. The Morgan fingerprint density at radius 1 is 0.974 bits per heavy atom. The van der Waals surface area contributed by atoms with Crippen LogP contribution in [0.25, 0.3) is 0 Å². The molecule has 0 saturated heterocycles. The number of sulfonamides is 1. The molecule has 1 atom stereocenters. The molecule has 0 aliphatic carbocycles. The van der Waals surface area contributed by atoms with Crippen LogP contribution < -0.4 is 9.62 Å². The number of carbonyl (C=O) groups is 2. The van der Waals surface area contributed by atoms with Crippen molar-refractivity contribution < 1.29 is 18.0 Å². The quantitative estimate of drug-likeness (QED) is 0.294. The second-order valence-corrected chi connectivity index (χ2v) is 12.9. The Kier molecular flexibility index (Phi) is 11.0. The molecule has 0 spiro atoms. The number of nitrogens with zero attached hydrogens (tertiary/aromatic N) is 2. The third-order valence-corrected chi connectivity index (χ3v) is 8.03. The Bertz CT molecular complexity index is 1390. The van der Waals surface area contributed by atoms with Crippen LogP contribution in [0.5, 0.6) is 0 Å². The number of halogens is 2. The van der Waals surface area contributed by atoms with Gasteiger partial charge in [-0.15, -0.1) is 0 Å². The molecule has 208 valence electrons. The normalized spacial score (nSPS) is 12.2. The van der Waals surface area contributed by atoms with Gasteiger partial charge in [0, 0.05) is 29.0 Å². The molecule has 2 amide bonds. The molecule has 10 heteroatoms. The number of hydrogen-bond acceptors (Lipinski definition) is 4. The Hall–Kier alpha value is -2.88. The highest BCUT2D eigenvalue weighted by Gasteiger charge is 2.33. The molecule has 0 heterocycles. The fourth-order valence-corrected chi connectivity index (χ4v) is 5.46. The van der Waals surface area contributed by atoms with E-state index < -0.39 is 28.5 Å². The summed E-state index contributed by atoms with van der Waals surface area (Å²) in [5.74, 6) is -0.640. The van der Waals surface area contributed by atoms with Crippen LogP contribution in [0.3, 0.4) is 0 Å². The second kappa shape index (κ2) is 14.0. The Morgan fingerprint density at radius 2 is 1.64 bits per heavy atom. The summed E-state index contributed by atoms with van der Waals surface area (Å²) in [5, 5.41) is 3.40. The summed E-state index contributed by atoms with van der Waals surface area (Å²) in [6, 6.07) is 22.3. The van der Waals surface area contributed by atoms with E-state index in [1.165, 1.54) is 4.90 Å². The van der Waals surface area contributed by atoms with E-state index in [9.17, 15) is 18.0 Å². The molecule has 0 aliphatic heterocycles. The molecule has 0 radical (unpaired) electrons. The third-order valence-electron chi connectivity index (χ3n) is 6.03. The number of carbonyl (C=O) groups excluding carboxylic acids is 2. The average molecular weight is 635 g/mol. The minimum Gasteiger partial charge on any atom is -0.354 e. The van der Waals surface area contributed by atoms with Gasteiger partial charge in [-0.2, -0.15) is 0 Å². The number of benzene rings is 3. The van der Waals surface area contributed by atoms with Gasteiger partial charge in [0.05, 0.1) is 11.9 Å². The Morgan fingerprint density at radius 3 is 2.26 bits per heavy atom. The van der Waals surface area contributed by atoms with Gasteiger partial charge in [0.1, 0.15) is 12.6 Å². The monoisotopic (exact) mass is 633 g/mol. The van der Waals surface area contributed by atoms with Gasteiger partial charge in [-0.1, -0.05) is 96.0 Å². The predicted octanol–water partition coefficient (Wildman–Crippen LogP) is 5.28. The lowest BCUT2D eigenvalue weighted by Crippen LogP contribution is -2.53. The molecule has 7 nitrogen and oxygen atoms in total. The first-order valence-electron chi connectivity index (χ1n) is 12.5. The van der Waals surface area contributed by atoms with Crippen LogP contribution in [0.2, 0.25) is 5.02 Å². The van der Waals surface area contributed by atoms with Crippen molar-refractivity contribution in [1.29, 1.82) is 0 Å². The van der Waals surface area contributed by atoms with Gasteiger partial charge in [0.25, 0.3) is 0 Å². The minimum atomic E-state index is -3.83. The highest BCUT2D eigenvalue weighted by Crippen LogP contribution is 2.24. The molecule has 0 bridgehead atoms. The molecule has 0 saturated carbocycles. The Labute approximate surface area is 244 Å². The van der Waals surface area contributed by atoms with Crippen molar-refractivity contribution in [3.05, 3.63) is 99.5 Å². The van der Waals surface area contributed by atoms with Gasteiger partial charge in [-0.05, 0) is 41.3 Å². The molecular formula is C29H33BrClN3O4S. The summed E-state index contributed by atoms with van der Waals surface area (Å²) in [4.78, 5) is 29.1. The highest BCUT2D eigenvalue weighted by atomic mass is 79.9. The molecule has 1 N–H and O–H groups in total. The van der Waals surface area contributed by atoms with E-state index in [-0.39, 0.29) is 24.8 Å². The maximum absolute atomic E-state index is 14.0. The first kappa shape index (κ1) is 30.7. The van der Waals surface area contributed by atoms with Gasteiger partial charge >= 0.3 is 0 Å². The number of amides is 2. The summed E-state index contributed by atoms with van der Waals surface area (Å²) in [7, 11) is -3.83. The predicted molar refractivity (Wildman–Crippen MR) is 160 cm³/mol. The van der Waals surface area contributed by atoms with Gasteiger partial charge in [0.2, 0.25) is 21.8 Å². The van der Waals surface area contributed by atoms with Gasteiger partial charge in [-0.3, -0.25) is 13.9 Å². The largest absolute Gasteiger partial charge is 0.354 e. The van der Waals surface area contributed by atoms with Crippen molar-refractivity contribution in [3.8, 4) is 0 Å². The number of anilines is 1. The molecule has 39 heavy (non-hydrogen) atoms. The number of rotatable bonds is 12. The zero-order chi connectivity index (χ0) is 28.6. The molecule has 0 unspecified atom stereocenters. The maximum atomic E-state index is 14.0. The lowest BCUT2D eigenvalue weighted by atomic mass is 10.0. The molecule has 0 aromatic heterocycles. The maximum Gasteiger partial charge on any atom is 0.244 e. The van der Waals surface area contributed by atoms with Gasteiger partial charge < -0.3 is 10.2 Å². The summed E-state index contributed by atoms with van der Waals surface area (Å²) in [6.45, 7) is 3.96. The zero-order valence-electron chi connectivity index (χ0n) is 22.2. The van der Waals surface area contributed by atoms with Crippen LogP contribution in [0.4, 0.5) is 5.69 Å². The second-order valence-electron chi connectivity index (χ2n) is 9.71. The van der Waals surface area contributed by atoms with E-state index in [0.717, 1.165) is 16.1 Å². The topological polar surface area (TPSA) is 86.8 Å².